The first-order valence-corrected chi connectivity index (χ1v) is 10.7. The van der Waals surface area contributed by atoms with Crippen molar-refractivity contribution in [3.8, 4) is 0 Å². The van der Waals surface area contributed by atoms with Gasteiger partial charge in [-0.05, 0) is 43.9 Å². The van der Waals surface area contributed by atoms with E-state index < -0.39 is 5.82 Å². The summed E-state index contributed by atoms with van der Waals surface area (Å²) in [5, 5.41) is 15.6. The summed E-state index contributed by atoms with van der Waals surface area (Å²) in [6.45, 7) is 7.83. The molecule has 1 fully saturated rings. The van der Waals surface area contributed by atoms with Gasteiger partial charge in [-0.15, -0.1) is 10.2 Å². The third-order valence-corrected chi connectivity index (χ3v) is 6.22. The van der Waals surface area contributed by atoms with E-state index in [0.717, 1.165) is 38.4 Å². The highest BCUT2D eigenvalue weighted by atomic mass is 19.1. The fourth-order valence-corrected chi connectivity index (χ4v) is 4.67. The molecule has 5 rings (SSSR count). The quantitative estimate of drug-likeness (QED) is 0.683. The number of likely N-dealkylation sites (tertiary alicyclic amines) is 1. The van der Waals surface area contributed by atoms with Crippen molar-refractivity contribution < 1.29 is 9.18 Å². The molecule has 2 aromatic heterocycles. The van der Waals surface area contributed by atoms with Gasteiger partial charge in [0.1, 0.15) is 11.6 Å². The SMILES string of the molecule is CC(C)n1cc(CN2C[C@@H]3Cc4nnc(C(=O)Nc5cccc(F)c5)n4C[C@@H]3C2)cn1. The van der Waals surface area contributed by atoms with Gasteiger partial charge in [0.15, 0.2) is 0 Å². The molecule has 0 spiro atoms. The molecule has 2 aliphatic heterocycles. The monoisotopic (exact) mass is 423 g/mol. The van der Waals surface area contributed by atoms with E-state index in [1.54, 1.807) is 12.1 Å². The van der Waals surface area contributed by atoms with Gasteiger partial charge in [0.25, 0.3) is 5.91 Å². The smallest absolute Gasteiger partial charge is 0.293 e. The zero-order chi connectivity index (χ0) is 21.5. The molecule has 9 heteroatoms. The van der Waals surface area contributed by atoms with Gasteiger partial charge in [-0.3, -0.25) is 14.4 Å². The molecule has 162 valence electrons. The molecule has 0 bridgehead atoms. The van der Waals surface area contributed by atoms with Gasteiger partial charge < -0.3 is 9.88 Å². The number of aromatic nitrogens is 5. The van der Waals surface area contributed by atoms with Gasteiger partial charge in [-0.2, -0.15) is 5.10 Å². The molecule has 1 amide bonds. The number of halogens is 1. The molecule has 0 saturated carbocycles. The summed E-state index contributed by atoms with van der Waals surface area (Å²) in [7, 11) is 0. The van der Waals surface area contributed by atoms with Crippen molar-refractivity contribution in [1.82, 2.24) is 29.4 Å². The lowest BCUT2D eigenvalue weighted by Gasteiger charge is -2.25. The van der Waals surface area contributed by atoms with Crippen LogP contribution in [0, 0.1) is 17.7 Å². The Morgan fingerprint density at radius 1 is 1.23 bits per heavy atom. The van der Waals surface area contributed by atoms with Crippen molar-refractivity contribution in [2.24, 2.45) is 11.8 Å². The maximum atomic E-state index is 13.4. The number of carbonyl (C=O) groups excluding carboxylic acids is 1. The molecule has 0 unspecified atom stereocenters. The van der Waals surface area contributed by atoms with Gasteiger partial charge in [0, 0.05) is 56.1 Å². The first-order chi connectivity index (χ1) is 15.0. The third kappa shape index (κ3) is 3.97. The number of hydrogen-bond acceptors (Lipinski definition) is 5. The van der Waals surface area contributed by atoms with Crippen molar-refractivity contribution in [1.29, 1.82) is 0 Å². The Morgan fingerprint density at radius 2 is 2.06 bits per heavy atom. The Labute approximate surface area is 180 Å². The predicted molar refractivity (Wildman–Crippen MR) is 113 cm³/mol. The van der Waals surface area contributed by atoms with Crippen LogP contribution in [0.15, 0.2) is 36.7 Å². The van der Waals surface area contributed by atoms with E-state index in [9.17, 15) is 9.18 Å². The van der Waals surface area contributed by atoms with E-state index in [1.807, 2.05) is 15.4 Å². The van der Waals surface area contributed by atoms with Crippen LogP contribution in [0.2, 0.25) is 0 Å². The number of amides is 1. The zero-order valence-electron chi connectivity index (χ0n) is 17.7. The van der Waals surface area contributed by atoms with E-state index in [-0.39, 0.29) is 11.7 Å². The van der Waals surface area contributed by atoms with Crippen molar-refractivity contribution in [2.45, 2.75) is 39.4 Å². The average molecular weight is 423 g/mol. The first kappa shape index (κ1) is 19.9. The van der Waals surface area contributed by atoms with Crippen LogP contribution in [-0.4, -0.2) is 48.4 Å². The Balaban J connectivity index is 1.26. The fourth-order valence-electron chi connectivity index (χ4n) is 4.67. The molecule has 0 aliphatic carbocycles. The molecule has 3 aromatic rings. The van der Waals surface area contributed by atoms with Crippen LogP contribution >= 0.6 is 0 Å². The number of anilines is 1. The molecule has 2 aliphatic rings. The number of fused-ring (bicyclic) bond motifs is 2. The summed E-state index contributed by atoms with van der Waals surface area (Å²) in [5.41, 5.74) is 1.63. The lowest BCUT2D eigenvalue weighted by Crippen LogP contribution is -2.31. The molecular weight excluding hydrogens is 397 g/mol. The second kappa shape index (κ2) is 7.88. The lowest BCUT2D eigenvalue weighted by atomic mass is 9.89. The number of benzene rings is 1. The lowest BCUT2D eigenvalue weighted by molar-refractivity contribution is 0.100. The topological polar surface area (TPSA) is 80.9 Å². The summed E-state index contributed by atoms with van der Waals surface area (Å²) in [6.07, 6.45) is 4.88. The van der Waals surface area contributed by atoms with Crippen molar-refractivity contribution >= 4 is 11.6 Å². The minimum Gasteiger partial charge on any atom is -0.319 e. The van der Waals surface area contributed by atoms with E-state index in [4.69, 9.17) is 0 Å². The molecule has 1 aromatic carbocycles. The van der Waals surface area contributed by atoms with E-state index in [1.165, 1.54) is 17.7 Å². The zero-order valence-corrected chi connectivity index (χ0v) is 17.7. The fraction of sp³-hybridized carbons (Fsp3) is 0.455. The molecule has 1 saturated heterocycles. The Bertz CT molecular complexity index is 1100. The van der Waals surface area contributed by atoms with Crippen molar-refractivity contribution in [2.75, 3.05) is 18.4 Å². The van der Waals surface area contributed by atoms with E-state index in [2.05, 4.69) is 45.6 Å². The highest BCUT2D eigenvalue weighted by Crippen LogP contribution is 2.33. The number of carbonyl (C=O) groups is 1. The van der Waals surface area contributed by atoms with Gasteiger partial charge >= 0.3 is 0 Å². The van der Waals surface area contributed by atoms with Gasteiger partial charge in [0.2, 0.25) is 5.82 Å². The molecular formula is C22H26FN7O. The third-order valence-electron chi connectivity index (χ3n) is 6.22. The Kier molecular flexibility index (Phi) is 5.05. The van der Waals surface area contributed by atoms with Crippen LogP contribution in [0.5, 0.6) is 0 Å². The van der Waals surface area contributed by atoms with E-state index >= 15 is 0 Å². The molecule has 2 atom stereocenters. The predicted octanol–water partition coefficient (Wildman–Crippen LogP) is 2.75. The molecule has 31 heavy (non-hydrogen) atoms. The summed E-state index contributed by atoms with van der Waals surface area (Å²) in [4.78, 5) is 15.2. The van der Waals surface area contributed by atoms with E-state index in [0.29, 0.717) is 23.6 Å². The number of nitrogens with one attached hydrogen (secondary N) is 1. The van der Waals surface area contributed by atoms with Gasteiger partial charge in [0.05, 0.1) is 6.20 Å². The first-order valence-electron chi connectivity index (χ1n) is 10.7. The maximum absolute atomic E-state index is 13.4. The van der Waals surface area contributed by atoms with Crippen molar-refractivity contribution in [3.63, 3.8) is 0 Å². The van der Waals surface area contributed by atoms with Crippen LogP contribution < -0.4 is 5.32 Å². The summed E-state index contributed by atoms with van der Waals surface area (Å²) in [5.74, 6) is 1.34. The second-order valence-electron chi connectivity index (χ2n) is 8.86. The van der Waals surface area contributed by atoms with Crippen LogP contribution in [-0.2, 0) is 19.5 Å². The largest absolute Gasteiger partial charge is 0.319 e. The maximum Gasteiger partial charge on any atom is 0.293 e. The molecule has 8 nitrogen and oxygen atoms in total. The van der Waals surface area contributed by atoms with Gasteiger partial charge in [-0.25, -0.2) is 4.39 Å². The van der Waals surface area contributed by atoms with Crippen LogP contribution in [0.1, 0.15) is 41.9 Å². The van der Waals surface area contributed by atoms with Crippen molar-refractivity contribution in [3.05, 3.63) is 59.7 Å². The standard InChI is InChI=1S/C22H26FN7O/c1-14(2)30-10-15(8-24-30)9-28-11-16-6-20-26-27-21(29(20)13-17(16)12-28)22(31)25-19-5-3-4-18(23)7-19/h3-5,7-8,10,14,16-17H,6,9,11-13H2,1-2H3,(H,25,31)/t16-,17-/m0/s1. The normalized spacial score (nSPS) is 20.6. The highest BCUT2D eigenvalue weighted by Gasteiger charge is 2.39. The van der Waals surface area contributed by atoms with Crippen LogP contribution in [0.25, 0.3) is 0 Å². The summed E-state index contributed by atoms with van der Waals surface area (Å²) < 4.78 is 17.3. The minimum absolute atomic E-state index is 0.286. The Morgan fingerprint density at radius 3 is 2.84 bits per heavy atom. The molecule has 1 N–H and O–H groups in total. The van der Waals surface area contributed by atoms with Crippen LogP contribution in [0.4, 0.5) is 10.1 Å². The van der Waals surface area contributed by atoms with Gasteiger partial charge in [-0.1, -0.05) is 6.07 Å². The summed E-state index contributed by atoms with van der Waals surface area (Å²) in [6, 6.07) is 6.20. The molecule has 4 heterocycles. The Hall–Kier alpha value is -3.07. The highest BCUT2D eigenvalue weighted by molar-refractivity contribution is 6.01. The summed E-state index contributed by atoms with van der Waals surface area (Å²) >= 11 is 0. The number of hydrogen-bond donors (Lipinski definition) is 1. The number of nitrogens with zero attached hydrogens (tertiary/aromatic N) is 6. The average Bonchev–Trinajstić information content (AvgIpc) is 3.43. The molecule has 0 radical (unpaired) electrons. The van der Waals surface area contributed by atoms with Crippen LogP contribution in [0.3, 0.4) is 0 Å². The minimum atomic E-state index is -0.395. The number of rotatable bonds is 5. The second-order valence-corrected chi connectivity index (χ2v) is 8.86.